The van der Waals surface area contributed by atoms with Gasteiger partial charge in [0.2, 0.25) is 0 Å². The van der Waals surface area contributed by atoms with Gasteiger partial charge in [0, 0.05) is 17.0 Å². The fourth-order valence-electron chi connectivity index (χ4n) is 4.35. The SMILES string of the molecule is Cc1cc2c(cc1C1(c3ccc(C(=O)O)cn3)CC1)C(C)C=CC2(C)C. The van der Waals surface area contributed by atoms with E-state index >= 15 is 0 Å². The molecule has 4 rings (SSSR count). The standard InChI is InChI=1S/C23H25NO2/c1-14-7-8-22(3,4)19-11-15(2)18(12-17(14)19)23(9-10-23)20-6-5-16(13-24-20)21(25)26/h5-8,11-14H,9-10H2,1-4H3,(H,25,26). The number of allylic oxidation sites excluding steroid dienone is 2. The number of benzene rings is 1. The molecule has 2 aromatic rings. The van der Waals surface area contributed by atoms with Gasteiger partial charge in [0.1, 0.15) is 0 Å². The summed E-state index contributed by atoms with van der Waals surface area (Å²) in [6.07, 6.45) is 8.25. The van der Waals surface area contributed by atoms with Crippen molar-refractivity contribution < 1.29 is 9.90 Å². The molecule has 2 aliphatic rings. The van der Waals surface area contributed by atoms with Crippen molar-refractivity contribution in [2.75, 3.05) is 0 Å². The zero-order chi connectivity index (χ0) is 18.7. The Morgan fingerprint density at radius 1 is 1.19 bits per heavy atom. The first kappa shape index (κ1) is 17.0. The van der Waals surface area contributed by atoms with Crippen molar-refractivity contribution in [3.8, 4) is 0 Å². The first-order valence-corrected chi connectivity index (χ1v) is 9.29. The van der Waals surface area contributed by atoms with Gasteiger partial charge >= 0.3 is 5.97 Å². The number of carbonyl (C=O) groups is 1. The Morgan fingerprint density at radius 2 is 1.92 bits per heavy atom. The quantitative estimate of drug-likeness (QED) is 0.784. The summed E-state index contributed by atoms with van der Waals surface area (Å²) in [6.45, 7) is 8.99. The largest absolute Gasteiger partial charge is 0.478 e. The molecule has 134 valence electrons. The molecule has 0 saturated heterocycles. The van der Waals surface area contributed by atoms with Crippen LogP contribution in [0.15, 0.2) is 42.6 Å². The summed E-state index contributed by atoms with van der Waals surface area (Å²) in [6, 6.07) is 8.31. The summed E-state index contributed by atoms with van der Waals surface area (Å²) in [7, 11) is 0. The summed E-state index contributed by atoms with van der Waals surface area (Å²) >= 11 is 0. The van der Waals surface area contributed by atoms with Gasteiger partial charge in [-0.05, 0) is 60.1 Å². The highest BCUT2D eigenvalue weighted by molar-refractivity contribution is 5.87. The lowest BCUT2D eigenvalue weighted by molar-refractivity contribution is 0.0696. The highest BCUT2D eigenvalue weighted by atomic mass is 16.4. The van der Waals surface area contributed by atoms with E-state index in [2.05, 4.69) is 57.0 Å². The van der Waals surface area contributed by atoms with E-state index in [-0.39, 0.29) is 16.4 Å². The van der Waals surface area contributed by atoms with Gasteiger partial charge in [0.25, 0.3) is 0 Å². The lowest BCUT2D eigenvalue weighted by Gasteiger charge is -2.33. The van der Waals surface area contributed by atoms with Gasteiger partial charge < -0.3 is 5.11 Å². The monoisotopic (exact) mass is 347 g/mol. The number of carboxylic acids is 1. The second-order valence-electron chi connectivity index (χ2n) is 8.44. The molecule has 2 aliphatic carbocycles. The van der Waals surface area contributed by atoms with Gasteiger partial charge in [0.05, 0.1) is 11.3 Å². The summed E-state index contributed by atoms with van der Waals surface area (Å²) < 4.78 is 0. The predicted molar refractivity (Wildman–Crippen MR) is 103 cm³/mol. The van der Waals surface area contributed by atoms with E-state index in [9.17, 15) is 4.79 Å². The zero-order valence-corrected chi connectivity index (χ0v) is 15.8. The third-order valence-electron chi connectivity index (χ3n) is 6.15. The maximum Gasteiger partial charge on any atom is 0.337 e. The second-order valence-corrected chi connectivity index (χ2v) is 8.44. The number of hydrogen-bond donors (Lipinski definition) is 1. The van der Waals surface area contributed by atoms with Crippen molar-refractivity contribution in [2.24, 2.45) is 0 Å². The molecule has 3 nitrogen and oxygen atoms in total. The number of pyridine rings is 1. The molecular formula is C23H25NO2. The van der Waals surface area contributed by atoms with Crippen LogP contribution >= 0.6 is 0 Å². The van der Waals surface area contributed by atoms with Crippen LogP contribution in [0.5, 0.6) is 0 Å². The van der Waals surface area contributed by atoms with E-state index in [1.54, 1.807) is 6.07 Å². The van der Waals surface area contributed by atoms with Crippen molar-refractivity contribution in [3.05, 3.63) is 76.1 Å². The lowest BCUT2D eigenvalue weighted by Crippen LogP contribution is -2.23. The molecule has 0 bridgehead atoms. The average molecular weight is 347 g/mol. The number of aromatic carboxylic acids is 1. The number of nitrogens with zero attached hydrogens (tertiary/aromatic N) is 1. The van der Waals surface area contributed by atoms with E-state index in [0.717, 1.165) is 18.5 Å². The van der Waals surface area contributed by atoms with Crippen LogP contribution in [0.2, 0.25) is 0 Å². The molecule has 1 saturated carbocycles. The first-order chi connectivity index (χ1) is 12.2. The first-order valence-electron chi connectivity index (χ1n) is 9.29. The predicted octanol–water partition coefficient (Wildman–Crippen LogP) is 5.12. The molecule has 1 N–H and O–H groups in total. The van der Waals surface area contributed by atoms with Gasteiger partial charge in [-0.15, -0.1) is 0 Å². The maximum atomic E-state index is 11.1. The number of hydrogen-bond acceptors (Lipinski definition) is 2. The molecule has 1 unspecified atom stereocenters. The van der Waals surface area contributed by atoms with Crippen LogP contribution in [0.4, 0.5) is 0 Å². The Labute approximate surface area is 154 Å². The summed E-state index contributed by atoms with van der Waals surface area (Å²) in [5, 5.41) is 9.12. The molecule has 0 spiro atoms. The van der Waals surface area contributed by atoms with E-state index in [4.69, 9.17) is 5.11 Å². The van der Waals surface area contributed by atoms with Crippen molar-refractivity contribution in [1.82, 2.24) is 4.98 Å². The molecule has 0 amide bonds. The normalized spacial score (nSPS) is 21.9. The lowest BCUT2D eigenvalue weighted by atomic mass is 9.71. The Kier molecular flexibility index (Phi) is 3.62. The van der Waals surface area contributed by atoms with Gasteiger partial charge in [-0.25, -0.2) is 4.79 Å². The molecule has 1 heterocycles. The van der Waals surface area contributed by atoms with Crippen molar-refractivity contribution in [3.63, 3.8) is 0 Å². The number of aryl methyl sites for hydroxylation is 1. The molecule has 0 aliphatic heterocycles. The van der Waals surface area contributed by atoms with Crippen LogP contribution in [0.3, 0.4) is 0 Å². The van der Waals surface area contributed by atoms with E-state index < -0.39 is 5.97 Å². The smallest absolute Gasteiger partial charge is 0.337 e. The highest BCUT2D eigenvalue weighted by Crippen LogP contribution is 2.55. The van der Waals surface area contributed by atoms with Crippen molar-refractivity contribution >= 4 is 5.97 Å². The third kappa shape index (κ3) is 2.49. The minimum atomic E-state index is -0.929. The number of fused-ring (bicyclic) bond motifs is 1. The van der Waals surface area contributed by atoms with Crippen LogP contribution in [0.25, 0.3) is 0 Å². The third-order valence-corrected chi connectivity index (χ3v) is 6.15. The molecule has 0 radical (unpaired) electrons. The van der Waals surface area contributed by atoms with Crippen LogP contribution in [0.1, 0.15) is 77.8 Å². The average Bonchev–Trinajstić information content (AvgIpc) is 3.40. The van der Waals surface area contributed by atoms with Crippen molar-refractivity contribution in [2.45, 2.75) is 57.3 Å². The van der Waals surface area contributed by atoms with Gasteiger partial charge in [-0.2, -0.15) is 0 Å². The zero-order valence-electron chi connectivity index (χ0n) is 15.8. The molecule has 1 fully saturated rings. The summed E-state index contributed by atoms with van der Waals surface area (Å²) in [5.74, 6) is -0.516. The Hall–Kier alpha value is -2.42. The molecule has 1 atom stereocenters. The highest BCUT2D eigenvalue weighted by Gasteiger charge is 2.48. The number of carboxylic acid groups (broad SMARTS) is 1. The minimum absolute atomic E-state index is 0.0544. The number of rotatable bonds is 3. The number of aromatic nitrogens is 1. The Bertz CT molecular complexity index is 918. The molecule has 1 aromatic carbocycles. The maximum absolute atomic E-state index is 11.1. The van der Waals surface area contributed by atoms with E-state index in [1.165, 1.54) is 28.5 Å². The summed E-state index contributed by atoms with van der Waals surface area (Å²) in [5.41, 5.74) is 6.72. The van der Waals surface area contributed by atoms with Gasteiger partial charge in [-0.3, -0.25) is 4.98 Å². The van der Waals surface area contributed by atoms with Crippen LogP contribution in [-0.2, 0) is 10.8 Å². The van der Waals surface area contributed by atoms with E-state index in [0.29, 0.717) is 5.92 Å². The summed E-state index contributed by atoms with van der Waals surface area (Å²) in [4.78, 5) is 15.6. The molecule has 3 heteroatoms. The van der Waals surface area contributed by atoms with Crippen LogP contribution in [0, 0.1) is 6.92 Å². The molecular weight excluding hydrogens is 322 g/mol. The van der Waals surface area contributed by atoms with Gasteiger partial charge in [0.15, 0.2) is 0 Å². The van der Waals surface area contributed by atoms with Crippen LogP contribution < -0.4 is 0 Å². The fraction of sp³-hybridized carbons (Fsp3) is 0.391. The van der Waals surface area contributed by atoms with Crippen molar-refractivity contribution in [1.29, 1.82) is 0 Å². The Balaban J connectivity index is 1.81. The fourth-order valence-corrected chi connectivity index (χ4v) is 4.35. The van der Waals surface area contributed by atoms with Crippen LogP contribution in [-0.4, -0.2) is 16.1 Å². The van der Waals surface area contributed by atoms with E-state index in [1.807, 2.05) is 6.07 Å². The topological polar surface area (TPSA) is 50.2 Å². The van der Waals surface area contributed by atoms with Gasteiger partial charge in [-0.1, -0.05) is 45.1 Å². The molecule has 26 heavy (non-hydrogen) atoms. The second kappa shape index (κ2) is 5.54. The molecule has 1 aromatic heterocycles. The Morgan fingerprint density at radius 3 is 2.50 bits per heavy atom. The minimum Gasteiger partial charge on any atom is -0.478 e.